The third-order valence-electron chi connectivity index (χ3n) is 4.81. The summed E-state index contributed by atoms with van der Waals surface area (Å²) in [5.41, 5.74) is 0. The lowest BCUT2D eigenvalue weighted by molar-refractivity contribution is -0.123. The van der Waals surface area contributed by atoms with Crippen molar-refractivity contribution in [1.82, 2.24) is 10.2 Å². The first-order valence-electron chi connectivity index (χ1n) is 9.04. The van der Waals surface area contributed by atoms with Crippen molar-refractivity contribution in [3.63, 3.8) is 0 Å². The van der Waals surface area contributed by atoms with Crippen LogP contribution < -0.4 is 10.1 Å². The van der Waals surface area contributed by atoms with Gasteiger partial charge in [0.15, 0.2) is 6.61 Å². The average molecular weight is 376 g/mol. The van der Waals surface area contributed by atoms with Gasteiger partial charge in [-0.3, -0.25) is 9.69 Å². The molecule has 0 saturated carbocycles. The number of hydrogen-bond donors (Lipinski definition) is 1. The highest BCUT2D eigenvalue weighted by Crippen LogP contribution is 2.29. The number of nitrogens with zero attached hydrogens (tertiary/aromatic N) is 1. The summed E-state index contributed by atoms with van der Waals surface area (Å²) in [6.07, 6.45) is 2.40. The van der Waals surface area contributed by atoms with Crippen LogP contribution >= 0.6 is 11.3 Å². The Morgan fingerprint density at radius 3 is 2.69 bits per heavy atom. The summed E-state index contributed by atoms with van der Waals surface area (Å²) in [4.78, 5) is 15.9. The maximum Gasteiger partial charge on any atom is 0.258 e. The fourth-order valence-electron chi connectivity index (χ4n) is 3.17. The first kappa shape index (κ1) is 18.9. The summed E-state index contributed by atoms with van der Waals surface area (Å²) in [5.74, 6) is 0.771. The van der Waals surface area contributed by atoms with Crippen molar-refractivity contribution in [3.8, 4) is 5.75 Å². The third-order valence-corrected chi connectivity index (χ3v) is 5.78. The molecule has 4 nitrogen and oxygen atoms in total. The normalized spacial score (nSPS) is 17.0. The molecule has 1 aliphatic heterocycles. The molecule has 0 radical (unpaired) electrons. The van der Waals surface area contributed by atoms with Gasteiger partial charge in [-0.15, -0.1) is 11.3 Å². The minimum absolute atomic E-state index is 0.0696. The van der Waals surface area contributed by atoms with E-state index in [2.05, 4.69) is 34.7 Å². The van der Waals surface area contributed by atoms with Gasteiger partial charge < -0.3 is 10.1 Å². The lowest BCUT2D eigenvalue weighted by Gasteiger charge is -2.36. The van der Waals surface area contributed by atoms with Gasteiger partial charge in [0.25, 0.3) is 5.91 Å². The number of ether oxygens (including phenoxy) is 1. The predicted octanol–water partition coefficient (Wildman–Crippen LogP) is 3.86. The van der Waals surface area contributed by atoms with Crippen molar-refractivity contribution < 1.29 is 13.9 Å². The van der Waals surface area contributed by atoms with E-state index >= 15 is 0 Å². The maximum absolute atomic E-state index is 12.9. The van der Waals surface area contributed by atoms with Gasteiger partial charge in [-0.2, -0.15) is 0 Å². The molecule has 1 aromatic heterocycles. The van der Waals surface area contributed by atoms with E-state index in [1.807, 2.05) is 0 Å². The standard InChI is InChI=1S/C20H25FN2O2S/c1-15-8-10-23(11-9-15)18(19-3-2-12-26-19)13-22-20(24)14-25-17-6-4-16(21)5-7-17/h2-7,12,15,18H,8-11,13-14H2,1H3,(H,22,24)/t18-/m0/s1. The molecule has 1 aliphatic rings. The van der Waals surface area contributed by atoms with Crippen LogP contribution in [0.1, 0.15) is 30.7 Å². The SMILES string of the molecule is CC1CCN([C@@H](CNC(=O)COc2ccc(F)cc2)c2cccs2)CC1. The number of thiophene rings is 1. The molecule has 0 bridgehead atoms. The van der Waals surface area contributed by atoms with Crippen LogP contribution in [-0.2, 0) is 4.79 Å². The Labute approximate surface area is 158 Å². The zero-order chi connectivity index (χ0) is 18.4. The molecule has 0 spiro atoms. The Hall–Kier alpha value is -1.92. The van der Waals surface area contributed by atoms with Crippen molar-refractivity contribution in [1.29, 1.82) is 0 Å². The highest BCUT2D eigenvalue weighted by atomic mass is 32.1. The van der Waals surface area contributed by atoms with E-state index in [1.165, 1.54) is 42.0 Å². The van der Waals surface area contributed by atoms with Crippen molar-refractivity contribution in [3.05, 3.63) is 52.5 Å². The molecule has 2 heterocycles. The van der Waals surface area contributed by atoms with Gasteiger partial charge in [-0.25, -0.2) is 4.39 Å². The molecule has 0 unspecified atom stereocenters. The number of benzene rings is 1. The number of nitrogens with one attached hydrogen (secondary N) is 1. The smallest absolute Gasteiger partial charge is 0.258 e. The number of amides is 1. The Kier molecular flexibility index (Phi) is 6.63. The maximum atomic E-state index is 12.9. The molecule has 1 saturated heterocycles. The molecule has 1 atom stereocenters. The van der Waals surface area contributed by atoms with Crippen molar-refractivity contribution >= 4 is 17.2 Å². The summed E-state index contributed by atoms with van der Waals surface area (Å²) in [6.45, 7) is 4.92. The molecule has 1 amide bonds. The Morgan fingerprint density at radius 2 is 2.04 bits per heavy atom. The zero-order valence-electron chi connectivity index (χ0n) is 15.0. The van der Waals surface area contributed by atoms with E-state index in [9.17, 15) is 9.18 Å². The fraction of sp³-hybridized carbons (Fsp3) is 0.450. The molecule has 1 aromatic carbocycles. The number of piperidine rings is 1. The highest BCUT2D eigenvalue weighted by molar-refractivity contribution is 7.10. The minimum Gasteiger partial charge on any atom is -0.484 e. The van der Waals surface area contributed by atoms with Gasteiger partial charge >= 0.3 is 0 Å². The van der Waals surface area contributed by atoms with E-state index in [0.29, 0.717) is 12.3 Å². The first-order valence-corrected chi connectivity index (χ1v) is 9.92. The van der Waals surface area contributed by atoms with Gasteiger partial charge in [0.2, 0.25) is 0 Å². The Bertz CT molecular complexity index is 682. The average Bonchev–Trinajstić information content (AvgIpc) is 3.17. The van der Waals surface area contributed by atoms with Crippen LogP contribution in [0.2, 0.25) is 0 Å². The number of carbonyl (C=O) groups excluding carboxylic acids is 1. The summed E-state index contributed by atoms with van der Waals surface area (Å²) in [5, 5.41) is 5.07. The van der Waals surface area contributed by atoms with E-state index in [1.54, 1.807) is 11.3 Å². The molecule has 0 aliphatic carbocycles. The second kappa shape index (κ2) is 9.14. The molecule has 1 N–H and O–H groups in total. The molecule has 2 aromatic rings. The molecule has 1 fully saturated rings. The summed E-state index contributed by atoms with van der Waals surface area (Å²) in [6, 6.07) is 10.1. The van der Waals surface area contributed by atoms with Gasteiger partial charge in [-0.1, -0.05) is 13.0 Å². The number of hydrogen-bond acceptors (Lipinski definition) is 4. The van der Waals surface area contributed by atoms with Gasteiger partial charge in [0.1, 0.15) is 11.6 Å². The van der Waals surface area contributed by atoms with Crippen LogP contribution in [0.15, 0.2) is 41.8 Å². The van der Waals surface area contributed by atoms with E-state index in [4.69, 9.17) is 4.74 Å². The minimum atomic E-state index is -0.323. The zero-order valence-corrected chi connectivity index (χ0v) is 15.8. The molecule has 6 heteroatoms. The van der Waals surface area contributed by atoms with E-state index < -0.39 is 0 Å². The van der Waals surface area contributed by atoms with Crippen LogP contribution in [0, 0.1) is 11.7 Å². The predicted molar refractivity (Wildman–Crippen MR) is 102 cm³/mol. The van der Waals surface area contributed by atoms with Crippen molar-refractivity contribution in [2.75, 3.05) is 26.2 Å². The van der Waals surface area contributed by atoms with Gasteiger partial charge in [0.05, 0.1) is 6.04 Å². The van der Waals surface area contributed by atoms with Crippen molar-refractivity contribution in [2.45, 2.75) is 25.8 Å². The number of rotatable bonds is 7. The molecule has 140 valence electrons. The number of likely N-dealkylation sites (tertiary alicyclic amines) is 1. The van der Waals surface area contributed by atoms with Crippen LogP contribution in [0.5, 0.6) is 5.75 Å². The molecular formula is C20H25FN2O2S. The van der Waals surface area contributed by atoms with Gasteiger partial charge in [0, 0.05) is 11.4 Å². The quantitative estimate of drug-likeness (QED) is 0.798. The van der Waals surface area contributed by atoms with E-state index in [0.717, 1.165) is 19.0 Å². The molecule has 3 rings (SSSR count). The third kappa shape index (κ3) is 5.29. The van der Waals surface area contributed by atoms with Gasteiger partial charge in [-0.05, 0) is 67.6 Å². The van der Waals surface area contributed by atoms with Crippen LogP contribution in [0.4, 0.5) is 4.39 Å². The monoisotopic (exact) mass is 376 g/mol. The van der Waals surface area contributed by atoms with Crippen molar-refractivity contribution in [2.24, 2.45) is 5.92 Å². The number of halogens is 1. The second-order valence-corrected chi connectivity index (χ2v) is 7.78. The Morgan fingerprint density at radius 1 is 1.31 bits per heavy atom. The van der Waals surface area contributed by atoms with E-state index in [-0.39, 0.29) is 24.4 Å². The highest BCUT2D eigenvalue weighted by Gasteiger charge is 2.25. The summed E-state index contributed by atoms with van der Waals surface area (Å²) >= 11 is 1.73. The van der Waals surface area contributed by atoms with Crippen LogP contribution in [0.3, 0.4) is 0 Å². The first-order chi connectivity index (χ1) is 12.6. The fourth-order valence-corrected chi connectivity index (χ4v) is 4.03. The molecule has 26 heavy (non-hydrogen) atoms. The second-order valence-electron chi connectivity index (χ2n) is 6.80. The summed E-state index contributed by atoms with van der Waals surface area (Å²) in [7, 11) is 0. The largest absolute Gasteiger partial charge is 0.484 e. The molecular weight excluding hydrogens is 351 g/mol. The number of carbonyl (C=O) groups is 1. The Balaban J connectivity index is 1.52. The lowest BCUT2D eigenvalue weighted by atomic mass is 9.97. The summed E-state index contributed by atoms with van der Waals surface area (Å²) < 4.78 is 18.3. The lowest BCUT2D eigenvalue weighted by Crippen LogP contribution is -2.42. The van der Waals surface area contributed by atoms with Crippen LogP contribution in [-0.4, -0.2) is 37.0 Å². The topological polar surface area (TPSA) is 41.6 Å². The van der Waals surface area contributed by atoms with Crippen LogP contribution in [0.25, 0.3) is 0 Å².